The van der Waals surface area contributed by atoms with E-state index < -0.39 is 0 Å². The van der Waals surface area contributed by atoms with E-state index in [1.165, 1.54) is 38.6 Å². The van der Waals surface area contributed by atoms with Crippen molar-refractivity contribution in [2.24, 2.45) is 0 Å². The Labute approximate surface area is 98.3 Å². The van der Waals surface area contributed by atoms with Gasteiger partial charge in [-0.25, -0.2) is 0 Å². The quantitative estimate of drug-likeness (QED) is 0.688. The zero-order valence-electron chi connectivity index (χ0n) is 10.1. The predicted molar refractivity (Wildman–Crippen MR) is 65.3 cm³/mol. The second-order valence-electron chi connectivity index (χ2n) is 5.80. The lowest BCUT2D eigenvalue weighted by Crippen LogP contribution is -2.35. The molecule has 1 saturated carbocycles. The first-order valence-electron chi connectivity index (χ1n) is 6.95. The molecule has 2 heteroatoms. The van der Waals surface area contributed by atoms with Crippen LogP contribution in [0.15, 0.2) is 11.1 Å². The van der Waals surface area contributed by atoms with E-state index in [0.717, 1.165) is 31.8 Å². The van der Waals surface area contributed by atoms with Crippen molar-refractivity contribution in [3.05, 3.63) is 11.1 Å². The van der Waals surface area contributed by atoms with E-state index in [2.05, 4.69) is 4.90 Å². The summed E-state index contributed by atoms with van der Waals surface area (Å²) in [5, 5.41) is 9.70. The zero-order chi connectivity index (χ0) is 11.0. The Kier molecular flexibility index (Phi) is 3.03. The van der Waals surface area contributed by atoms with Crippen LogP contribution in [-0.2, 0) is 0 Å². The van der Waals surface area contributed by atoms with Gasteiger partial charge < -0.3 is 5.11 Å². The molecule has 0 aromatic heterocycles. The van der Waals surface area contributed by atoms with Gasteiger partial charge in [-0.2, -0.15) is 0 Å². The van der Waals surface area contributed by atoms with E-state index in [1.54, 1.807) is 11.1 Å². The minimum Gasteiger partial charge on any atom is -0.393 e. The third kappa shape index (κ3) is 2.05. The molecule has 1 N–H and O–H groups in total. The third-order valence-electron chi connectivity index (χ3n) is 4.64. The van der Waals surface area contributed by atoms with Crippen LogP contribution in [0.25, 0.3) is 0 Å². The molecule has 90 valence electrons. The maximum absolute atomic E-state index is 9.70. The van der Waals surface area contributed by atoms with Gasteiger partial charge in [0, 0.05) is 19.1 Å². The summed E-state index contributed by atoms with van der Waals surface area (Å²) in [4.78, 5) is 2.68. The molecule has 3 rings (SSSR count). The van der Waals surface area contributed by atoms with Crippen molar-refractivity contribution in [3.63, 3.8) is 0 Å². The van der Waals surface area contributed by atoms with Gasteiger partial charge in [-0.3, -0.25) is 4.90 Å². The molecule has 2 aliphatic carbocycles. The fraction of sp³-hybridized carbons (Fsp3) is 0.857. The molecule has 0 spiro atoms. The summed E-state index contributed by atoms with van der Waals surface area (Å²) in [6, 6.07) is 0.844. The summed E-state index contributed by atoms with van der Waals surface area (Å²) in [6.45, 7) is 2.38. The van der Waals surface area contributed by atoms with Crippen LogP contribution in [0, 0.1) is 0 Å². The van der Waals surface area contributed by atoms with Gasteiger partial charge in [-0.15, -0.1) is 0 Å². The highest BCUT2D eigenvalue weighted by atomic mass is 16.3. The van der Waals surface area contributed by atoms with Crippen LogP contribution >= 0.6 is 0 Å². The molecule has 0 bridgehead atoms. The van der Waals surface area contributed by atoms with Crippen molar-refractivity contribution in [1.29, 1.82) is 0 Å². The summed E-state index contributed by atoms with van der Waals surface area (Å²) in [5.74, 6) is 0. The van der Waals surface area contributed by atoms with Gasteiger partial charge in [-0.05, 0) is 32.1 Å². The Morgan fingerprint density at radius 3 is 2.50 bits per heavy atom. The molecule has 0 amide bonds. The monoisotopic (exact) mass is 221 g/mol. The highest BCUT2D eigenvalue weighted by Gasteiger charge is 2.31. The Hall–Kier alpha value is -0.340. The summed E-state index contributed by atoms with van der Waals surface area (Å²) in [5.41, 5.74) is 3.24. The summed E-state index contributed by atoms with van der Waals surface area (Å²) in [7, 11) is 0. The van der Waals surface area contributed by atoms with Crippen molar-refractivity contribution in [2.75, 3.05) is 13.1 Å². The standard InChI is InChI=1S/C14H23NO/c16-14-7-6-11-9-15(10-12(11)8-14)13-4-2-1-3-5-13/h13-14,16H,1-10H2/t14-/m1/s1. The largest absolute Gasteiger partial charge is 0.393 e. The molecule has 1 aliphatic heterocycles. The maximum atomic E-state index is 9.70. The van der Waals surface area contributed by atoms with Crippen molar-refractivity contribution in [1.82, 2.24) is 4.90 Å². The summed E-state index contributed by atoms with van der Waals surface area (Å²) >= 11 is 0. The van der Waals surface area contributed by atoms with Gasteiger partial charge in [0.05, 0.1) is 6.10 Å². The highest BCUT2D eigenvalue weighted by Crippen LogP contribution is 2.34. The van der Waals surface area contributed by atoms with Gasteiger partial charge in [-0.1, -0.05) is 30.4 Å². The third-order valence-corrected chi connectivity index (χ3v) is 4.64. The molecule has 0 unspecified atom stereocenters. The average molecular weight is 221 g/mol. The molecule has 0 saturated heterocycles. The van der Waals surface area contributed by atoms with Gasteiger partial charge in [0.15, 0.2) is 0 Å². The molecule has 1 heterocycles. The van der Waals surface area contributed by atoms with Crippen molar-refractivity contribution in [3.8, 4) is 0 Å². The SMILES string of the molecule is O[C@@H]1CCC2=C(C1)CN(C1CCCCC1)C2. The Morgan fingerprint density at radius 1 is 0.938 bits per heavy atom. The molecular weight excluding hydrogens is 198 g/mol. The second-order valence-corrected chi connectivity index (χ2v) is 5.80. The first-order valence-corrected chi connectivity index (χ1v) is 6.95. The van der Waals surface area contributed by atoms with Crippen LogP contribution < -0.4 is 0 Å². The normalized spacial score (nSPS) is 33.2. The molecule has 0 aromatic rings. The minimum atomic E-state index is -0.0509. The number of hydrogen-bond donors (Lipinski definition) is 1. The molecule has 0 aromatic carbocycles. The van der Waals surface area contributed by atoms with Crippen LogP contribution in [0.2, 0.25) is 0 Å². The van der Waals surface area contributed by atoms with Crippen LogP contribution in [-0.4, -0.2) is 35.2 Å². The molecule has 16 heavy (non-hydrogen) atoms. The van der Waals surface area contributed by atoms with Crippen LogP contribution in [0.4, 0.5) is 0 Å². The molecule has 1 fully saturated rings. The molecule has 2 nitrogen and oxygen atoms in total. The molecule has 1 atom stereocenters. The van der Waals surface area contributed by atoms with Crippen LogP contribution in [0.3, 0.4) is 0 Å². The molecular formula is C14H23NO. The van der Waals surface area contributed by atoms with Gasteiger partial charge >= 0.3 is 0 Å². The number of nitrogens with zero attached hydrogens (tertiary/aromatic N) is 1. The Morgan fingerprint density at radius 2 is 1.69 bits per heavy atom. The Balaban J connectivity index is 1.62. The second kappa shape index (κ2) is 4.50. The fourth-order valence-electron chi connectivity index (χ4n) is 3.67. The van der Waals surface area contributed by atoms with E-state index in [9.17, 15) is 5.11 Å². The van der Waals surface area contributed by atoms with E-state index >= 15 is 0 Å². The minimum absolute atomic E-state index is 0.0509. The van der Waals surface area contributed by atoms with Crippen molar-refractivity contribution >= 4 is 0 Å². The molecule has 3 aliphatic rings. The maximum Gasteiger partial charge on any atom is 0.0581 e. The van der Waals surface area contributed by atoms with E-state index in [4.69, 9.17) is 0 Å². The van der Waals surface area contributed by atoms with Gasteiger partial charge in [0.2, 0.25) is 0 Å². The number of aliphatic hydroxyl groups is 1. The van der Waals surface area contributed by atoms with Crippen molar-refractivity contribution in [2.45, 2.75) is 63.5 Å². The average Bonchev–Trinajstić information content (AvgIpc) is 2.73. The topological polar surface area (TPSA) is 23.5 Å². The molecule has 0 radical (unpaired) electrons. The predicted octanol–water partition coefficient (Wildman–Crippen LogP) is 2.48. The van der Waals surface area contributed by atoms with E-state index in [0.29, 0.717) is 0 Å². The fourth-order valence-corrected chi connectivity index (χ4v) is 3.67. The van der Waals surface area contributed by atoms with Crippen LogP contribution in [0.5, 0.6) is 0 Å². The smallest absolute Gasteiger partial charge is 0.0581 e. The summed E-state index contributed by atoms with van der Waals surface area (Å²) in [6.07, 6.45) is 10.2. The first-order chi connectivity index (χ1) is 7.83. The number of hydrogen-bond acceptors (Lipinski definition) is 2. The first kappa shape index (κ1) is 10.8. The lowest BCUT2D eigenvalue weighted by molar-refractivity contribution is 0.158. The van der Waals surface area contributed by atoms with Crippen LogP contribution in [0.1, 0.15) is 51.4 Å². The van der Waals surface area contributed by atoms with E-state index in [-0.39, 0.29) is 6.10 Å². The van der Waals surface area contributed by atoms with Crippen molar-refractivity contribution < 1.29 is 5.11 Å². The highest BCUT2D eigenvalue weighted by molar-refractivity contribution is 5.26. The van der Waals surface area contributed by atoms with E-state index in [1.807, 2.05) is 0 Å². The van der Waals surface area contributed by atoms with Gasteiger partial charge in [0.25, 0.3) is 0 Å². The number of aliphatic hydroxyl groups excluding tert-OH is 1. The lowest BCUT2D eigenvalue weighted by atomic mass is 9.92. The summed E-state index contributed by atoms with van der Waals surface area (Å²) < 4.78 is 0. The number of rotatable bonds is 1. The lowest BCUT2D eigenvalue weighted by Gasteiger charge is -2.31. The Bertz CT molecular complexity index is 291. The van der Waals surface area contributed by atoms with Gasteiger partial charge in [0.1, 0.15) is 0 Å². The zero-order valence-corrected chi connectivity index (χ0v) is 10.1.